The van der Waals surface area contributed by atoms with Crippen molar-refractivity contribution in [3.8, 4) is 0 Å². The van der Waals surface area contributed by atoms with Crippen LogP contribution in [-0.4, -0.2) is 24.0 Å². The number of hydrogen-bond acceptors (Lipinski definition) is 3. The number of rotatable bonds is 5. The summed E-state index contributed by atoms with van der Waals surface area (Å²) < 4.78 is 0. The van der Waals surface area contributed by atoms with Crippen LogP contribution in [0.2, 0.25) is 0 Å². The number of Topliss-reactive ketones (excluding diaryl/α,β-unsaturated/α-hetero) is 1. The van der Waals surface area contributed by atoms with E-state index < -0.39 is 0 Å². The quantitative estimate of drug-likeness (QED) is 0.754. The molecule has 1 aromatic carbocycles. The minimum Gasteiger partial charge on any atom is -0.392 e. The van der Waals surface area contributed by atoms with Gasteiger partial charge in [-0.25, -0.2) is 0 Å². The van der Waals surface area contributed by atoms with Gasteiger partial charge in [-0.2, -0.15) is 0 Å². The van der Waals surface area contributed by atoms with Crippen molar-refractivity contribution < 1.29 is 9.90 Å². The van der Waals surface area contributed by atoms with Crippen molar-refractivity contribution in [2.45, 2.75) is 26.0 Å². The lowest BCUT2D eigenvalue weighted by Crippen LogP contribution is -2.31. The molecule has 0 aliphatic heterocycles. The van der Waals surface area contributed by atoms with E-state index in [1.165, 1.54) is 0 Å². The number of ketones is 1. The van der Waals surface area contributed by atoms with Gasteiger partial charge in [-0.1, -0.05) is 24.3 Å². The normalized spacial score (nSPS) is 12.5. The second-order valence-electron chi connectivity index (χ2n) is 3.63. The molecule has 0 radical (unpaired) electrons. The van der Waals surface area contributed by atoms with Crippen LogP contribution < -0.4 is 5.32 Å². The van der Waals surface area contributed by atoms with Gasteiger partial charge in [0.2, 0.25) is 0 Å². The summed E-state index contributed by atoms with van der Waals surface area (Å²) in [5.41, 5.74) is 1.85. The van der Waals surface area contributed by atoms with E-state index >= 15 is 0 Å². The molecule has 2 N–H and O–H groups in total. The summed E-state index contributed by atoms with van der Waals surface area (Å²) in [5, 5.41) is 11.8. The Morgan fingerprint density at radius 1 is 1.33 bits per heavy atom. The standard InChI is InChI=1S/C12H17NO2/c1-9(13-2)12(15)7-10-3-5-11(8-14)6-4-10/h3-6,9,13-14H,7-8H2,1-2H3/t9-/m0/s1. The Morgan fingerprint density at radius 3 is 2.33 bits per heavy atom. The van der Waals surface area contributed by atoms with Crippen molar-refractivity contribution in [3.05, 3.63) is 35.4 Å². The summed E-state index contributed by atoms with van der Waals surface area (Å²) in [6.07, 6.45) is 0.438. The number of likely N-dealkylation sites (N-methyl/N-ethyl adjacent to an activating group) is 1. The molecule has 0 unspecified atom stereocenters. The maximum absolute atomic E-state index is 11.6. The highest BCUT2D eigenvalue weighted by atomic mass is 16.3. The highest BCUT2D eigenvalue weighted by Gasteiger charge is 2.10. The minimum absolute atomic E-state index is 0.0428. The fraction of sp³-hybridized carbons (Fsp3) is 0.417. The van der Waals surface area contributed by atoms with Gasteiger partial charge in [0.15, 0.2) is 5.78 Å². The average Bonchev–Trinajstić information content (AvgIpc) is 2.29. The summed E-state index contributed by atoms with van der Waals surface area (Å²) >= 11 is 0. The topological polar surface area (TPSA) is 49.3 Å². The molecule has 0 saturated heterocycles. The number of nitrogens with one attached hydrogen (secondary N) is 1. The molecule has 1 aromatic rings. The second kappa shape index (κ2) is 5.63. The first-order valence-electron chi connectivity index (χ1n) is 5.06. The van der Waals surface area contributed by atoms with Gasteiger partial charge in [-0.05, 0) is 25.1 Å². The van der Waals surface area contributed by atoms with Gasteiger partial charge in [-0.15, -0.1) is 0 Å². The van der Waals surface area contributed by atoms with Crippen LogP contribution in [0.15, 0.2) is 24.3 Å². The van der Waals surface area contributed by atoms with E-state index in [9.17, 15) is 4.79 Å². The average molecular weight is 207 g/mol. The van der Waals surface area contributed by atoms with Gasteiger partial charge in [0.1, 0.15) is 0 Å². The summed E-state index contributed by atoms with van der Waals surface area (Å²) in [6, 6.07) is 7.33. The Kier molecular flexibility index (Phi) is 4.46. The van der Waals surface area contributed by atoms with Crippen molar-refractivity contribution in [2.24, 2.45) is 0 Å². The largest absolute Gasteiger partial charge is 0.392 e. The lowest BCUT2D eigenvalue weighted by Gasteiger charge is -2.08. The van der Waals surface area contributed by atoms with Crippen LogP contribution in [0.3, 0.4) is 0 Å². The van der Waals surface area contributed by atoms with Gasteiger partial charge in [0, 0.05) is 6.42 Å². The van der Waals surface area contributed by atoms with Crippen molar-refractivity contribution >= 4 is 5.78 Å². The fourth-order valence-corrected chi connectivity index (χ4v) is 1.28. The smallest absolute Gasteiger partial charge is 0.153 e. The molecule has 0 aliphatic carbocycles. The van der Waals surface area contributed by atoms with Gasteiger partial charge in [0.05, 0.1) is 12.6 Å². The van der Waals surface area contributed by atoms with E-state index in [1.54, 1.807) is 7.05 Å². The van der Waals surface area contributed by atoms with Crippen molar-refractivity contribution in [1.82, 2.24) is 5.32 Å². The number of aliphatic hydroxyl groups is 1. The molecule has 3 heteroatoms. The molecular weight excluding hydrogens is 190 g/mol. The monoisotopic (exact) mass is 207 g/mol. The van der Waals surface area contributed by atoms with Crippen LogP contribution in [-0.2, 0) is 17.8 Å². The lowest BCUT2D eigenvalue weighted by molar-refractivity contribution is -0.119. The van der Waals surface area contributed by atoms with Crippen LogP contribution in [0.5, 0.6) is 0 Å². The van der Waals surface area contributed by atoms with E-state index in [0.29, 0.717) is 6.42 Å². The number of carbonyl (C=O) groups is 1. The molecule has 0 amide bonds. The zero-order valence-corrected chi connectivity index (χ0v) is 9.16. The zero-order chi connectivity index (χ0) is 11.3. The van der Waals surface area contributed by atoms with Crippen molar-refractivity contribution in [3.63, 3.8) is 0 Å². The first-order valence-corrected chi connectivity index (χ1v) is 5.06. The minimum atomic E-state index is -0.109. The third kappa shape index (κ3) is 3.46. The van der Waals surface area contributed by atoms with Crippen LogP contribution in [0, 0.1) is 0 Å². The molecule has 1 rings (SSSR count). The predicted molar refractivity (Wildman–Crippen MR) is 59.6 cm³/mol. The molecule has 0 heterocycles. The predicted octanol–water partition coefficient (Wildman–Crippen LogP) is 0.898. The van der Waals surface area contributed by atoms with Crippen LogP contribution in [0.4, 0.5) is 0 Å². The third-order valence-electron chi connectivity index (χ3n) is 2.50. The van der Waals surface area contributed by atoms with E-state index in [-0.39, 0.29) is 18.4 Å². The first-order chi connectivity index (χ1) is 7.17. The summed E-state index contributed by atoms with van der Waals surface area (Å²) in [5.74, 6) is 0.175. The molecule has 0 bridgehead atoms. The highest BCUT2D eigenvalue weighted by molar-refractivity contribution is 5.85. The Morgan fingerprint density at radius 2 is 1.87 bits per heavy atom. The Bertz CT molecular complexity index is 319. The fourth-order valence-electron chi connectivity index (χ4n) is 1.28. The van der Waals surface area contributed by atoms with Crippen LogP contribution >= 0.6 is 0 Å². The van der Waals surface area contributed by atoms with E-state index in [1.807, 2.05) is 31.2 Å². The Hall–Kier alpha value is -1.19. The first kappa shape index (κ1) is 11.9. The maximum Gasteiger partial charge on any atom is 0.153 e. The molecule has 0 fully saturated rings. The van der Waals surface area contributed by atoms with Crippen molar-refractivity contribution in [1.29, 1.82) is 0 Å². The van der Waals surface area contributed by atoms with Crippen molar-refractivity contribution in [2.75, 3.05) is 7.05 Å². The molecular formula is C12H17NO2. The molecule has 3 nitrogen and oxygen atoms in total. The van der Waals surface area contributed by atoms with Gasteiger partial charge in [-0.3, -0.25) is 4.79 Å². The third-order valence-corrected chi connectivity index (χ3v) is 2.50. The number of benzene rings is 1. The van der Waals surface area contributed by atoms with E-state index in [4.69, 9.17) is 5.11 Å². The maximum atomic E-state index is 11.6. The number of hydrogen-bond donors (Lipinski definition) is 2. The zero-order valence-electron chi connectivity index (χ0n) is 9.16. The highest BCUT2D eigenvalue weighted by Crippen LogP contribution is 2.06. The molecule has 0 aromatic heterocycles. The lowest BCUT2D eigenvalue weighted by atomic mass is 10.0. The van der Waals surface area contributed by atoms with E-state index in [2.05, 4.69) is 5.32 Å². The van der Waals surface area contributed by atoms with E-state index in [0.717, 1.165) is 11.1 Å². The van der Waals surface area contributed by atoms with Gasteiger partial charge < -0.3 is 10.4 Å². The Balaban J connectivity index is 2.61. The molecule has 82 valence electrons. The summed E-state index contributed by atoms with van der Waals surface area (Å²) in [4.78, 5) is 11.6. The number of carbonyl (C=O) groups excluding carboxylic acids is 1. The van der Waals surface area contributed by atoms with Crippen LogP contribution in [0.25, 0.3) is 0 Å². The number of aliphatic hydroxyl groups excluding tert-OH is 1. The molecule has 0 aliphatic rings. The summed E-state index contributed by atoms with van der Waals surface area (Å²) in [6.45, 7) is 1.89. The summed E-state index contributed by atoms with van der Waals surface area (Å²) in [7, 11) is 1.78. The molecule has 0 saturated carbocycles. The second-order valence-corrected chi connectivity index (χ2v) is 3.63. The SMILES string of the molecule is CN[C@@H](C)C(=O)Cc1ccc(CO)cc1. The van der Waals surface area contributed by atoms with Crippen LogP contribution in [0.1, 0.15) is 18.1 Å². The molecule has 15 heavy (non-hydrogen) atoms. The molecule has 1 atom stereocenters. The Labute approximate surface area is 90.1 Å². The van der Waals surface area contributed by atoms with Gasteiger partial charge in [0.25, 0.3) is 0 Å². The molecule has 0 spiro atoms. The van der Waals surface area contributed by atoms with Gasteiger partial charge >= 0.3 is 0 Å².